The van der Waals surface area contributed by atoms with Crippen molar-refractivity contribution in [3.8, 4) is 10.6 Å². The third-order valence-corrected chi connectivity index (χ3v) is 4.94. The van der Waals surface area contributed by atoms with Gasteiger partial charge >= 0.3 is 5.97 Å². The number of hydrogen-bond donors (Lipinski definition) is 0. The molecule has 0 fully saturated rings. The topological polar surface area (TPSA) is 56.3 Å². The number of thiazole rings is 1. The van der Waals surface area contributed by atoms with Gasteiger partial charge in [-0.15, -0.1) is 22.7 Å². The molecule has 116 valence electrons. The molecule has 0 spiro atoms. The first-order chi connectivity index (χ1) is 11.1. The summed E-state index contributed by atoms with van der Waals surface area (Å²) < 4.78 is 5.04. The van der Waals surface area contributed by atoms with E-state index in [0.717, 1.165) is 16.1 Å². The molecule has 0 unspecified atom stereocenters. The van der Waals surface area contributed by atoms with E-state index in [2.05, 4.69) is 4.98 Å². The third kappa shape index (κ3) is 3.72. The molecule has 0 aliphatic heterocycles. The van der Waals surface area contributed by atoms with Gasteiger partial charge in [0.05, 0.1) is 4.88 Å². The van der Waals surface area contributed by atoms with E-state index in [1.165, 1.54) is 22.7 Å². The lowest BCUT2D eigenvalue weighted by Gasteiger charge is -2.00. The molecular weight excluding hydrogens is 330 g/mol. The molecule has 0 bridgehead atoms. The number of hydrogen-bond acceptors (Lipinski definition) is 6. The lowest BCUT2D eigenvalue weighted by atomic mass is 10.2. The fourth-order valence-electron chi connectivity index (χ4n) is 1.91. The van der Waals surface area contributed by atoms with Gasteiger partial charge in [-0.25, -0.2) is 9.78 Å². The second-order valence-electron chi connectivity index (χ2n) is 4.88. The van der Waals surface area contributed by atoms with Crippen molar-refractivity contribution in [3.63, 3.8) is 0 Å². The van der Waals surface area contributed by atoms with Crippen molar-refractivity contribution in [1.82, 2.24) is 4.98 Å². The first-order valence-corrected chi connectivity index (χ1v) is 8.66. The molecule has 3 rings (SSSR count). The van der Waals surface area contributed by atoms with Crippen LogP contribution in [-0.2, 0) is 4.74 Å². The quantitative estimate of drug-likeness (QED) is 0.514. The van der Waals surface area contributed by atoms with Crippen LogP contribution in [0, 0.1) is 6.92 Å². The Hall–Kier alpha value is -2.31. The smallest absolute Gasteiger partial charge is 0.358 e. The molecule has 0 radical (unpaired) electrons. The Kier molecular flexibility index (Phi) is 4.64. The van der Waals surface area contributed by atoms with Crippen LogP contribution in [0.3, 0.4) is 0 Å². The highest BCUT2D eigenvalue weighted by Gasteiger charge is 2.16. The van der Waals surface area contributed by atoms with Crippen molar-refractivity contribution < 1.29 is 14.3 Å². The number of aryl methyl sites for hydroxylation is 1. The maximum atomic E-state index is 12.0. The van der Waals surface area contributed by atoms with Gasteiger partial charge in [0.1, 0.15) is 5.01 Å². The van der Waals surface area contributed by atoms with Crippen LogP contribution >= 0.6 is 22.7 Å². The fourth-order valence-corrected chi connectivity index (χ4v) is 3.36. The Balaban J connectivity index is 1.64. The van der Waals surface area contributed by atoms with Crippen LogP contribution in [0.15, 0.2) is 47.2 Å². The summed E-state index contributed by atoms with van der Waals surface area (Å²) in [6, 6.07) is 11.4. The fraction of sp³-hybridized carbons (Fsp3) is 0.118. The van der Waals surface area contributed by atoms with E-state index in [1.54, 1.807) is 17.5 Å². The Bertz CT molecular complexity index is 820. The van der Waals surface area contributed by atoms with Crippen LogP contribution in [-0.4, -0.2) is 23.3 Å². The number of rotatable bonds is 5. The maximum absolute atomic E-state index is 12.0. The summed E-state index contributed by atoms with van der Waals surface area (Å²) in [5.74, 6) is -0.785. The van der Waals surface area contributed by atoms with Crippen molar-refractivity contribution in [2.24, 2.45) is 0 Å². The summed E-state index contributed by atoms with van der Waals surface area (Å²) in [6.07, 6.45) is 0. The van der Waals surface area contributed by atoms with Gasteiger partial charge < -0.3 is 4.74 Å². The molecule has 6 heteroatoms. The summed E-state index contributed by atoms with van der Waals surface area (Å²) in [6.45, 7) is 1.75. The summed E-state index contributed by atoms with van der Waals surface area (Å²) >= 11 is 2.70. The predicted molar refractivity (Wildman–Crippen MR) is 91.2 cm³/mol. The Morgan fingerprint density at radius 3 is 2.61 bits per heavy atom. The number of benzene rings is 1. The zero-order chi connectivity index (χ0) is 16.2. The van der Waals surface area contributed by atoms with Crippen molar-refractivity contribution >= 4 is 34.4 Å². The van der Waals surface area contributed by atoms with Crippen LogP contribution in [0.4, 0.5) is 0 Å². The van der Waals surface area contributed by atoms with E-state index in [1.807, 2.05) is 36.6 Å². The van der Waals surface area contributed by atoms with Gasteiger partial charge in [-0.3, -0.25) is 4.79 Å². The molecular formula is C17H13NO3S2. The lowest BCUT2D eigenvalue weighted by Crippen LogP contribution is -2.13. The highest BCUT2D eigenvalue weighted by atomic mass is 32.1. The number of ketones is 1. The number of carbonyl (C=O) groups excluding carboxylic acids is 2. The average Bonchev–Trinajstić information content (AvgIpc) is 3.24. The van der Waals surface area contributed by atoms with Gasteiger partial charge in [-0.05, 0) is 18.4 Å². The molecule has 0 N–H and O–H groups in total. The van der Waals surface area contributed by atoms with Gasteiger partial charge in [0.15, 0.2) is 12.3 Å². The SMILES string of the molecule is Cc1ccc(-c2nc(C(=O)OCC(=O)c3cccs3)cs2)cc1. The largest absolute Gasteiger partial charge is 0.453 e. The second kappa shape index (κ2) is 6.85. The van der Waals surface area contributed by atoms with Crippen LogP contribution < -0.4 is 0 Å². The molecule has 0 amide bonds. The minimum absolute atomic E-state index is 0.206. The number of aromatic nitrogens is 1. The van der Waals surface area contributed by atoms with Gasteiger partial charge in [-0.2, -0.15) is 0 Å². The van der Waals surface area contributed by atoms with Crippen molar-refractivity contribution in [3.05, 3.63) is 63.3 Å². The summed E-state index contributed by atoms with van der Waals surface area (Å²) in [5.41, 5.74) is 2.34. The Morgan fingerprint density at radius 2 is 1.91 bits per heavy atom. The number of ether oxygens (including phenoxy) is 1. The lowest BCUT2D eigenvalue weighted by molar-refractivity contribution is 0.0471. The summed E-state index contributed by atoms with van der Waals surface area (Å²) in [7, 11) is 0. The number of esters is 1. The van der Waals surface area contributed by atoms with Crippen LogP contribution in [0.1, 0.15) is 25.7 Å². The van der Waals surface area contributed by atoms with E-state index in [-0.39, 0.29) is 18.1 Å². The van der Waals surface area contributed by atoms with Crippen molar-refractivity contribution in [2.75, 3.05) is 6.61 Å². The van der Waals surface area contributed by atoms with Crippen molar-refractivity contribution in [2.45, 2.75) is 6.92 Å². The van der Waals surface area contributed by atoms with Gasteiger partial charge in [0.25, 0.3) is 0 Å². The monoisotopic (exact) mass is 343 g/mol. The van der Waals surface area contributed by atoms with Gasteiger partial charge in [0.2, 0.25) is 5.78 Å². The maximum Gasteiger partial charge on any atom is 0.358 e. The van der Waals surface area contributed by atoms with Crippen LogP contribution in [0.2, 0.25) is 0 Å². The van der Waals surface area contributed by atoms with E-state index >= 15 is 0 Å². The predicted octanol–water partition coefficient (Wildman–Crippen LogP) is 4.22. The molecule has 0 saturated carbocycles. The first kappa shape index (κ1) is 15.6. The standard InChI is InChI=1S/C17H13NO3S2/c1-11-4-6-12(7-5-11)16-18-13(10-23-16)17(20)21-9-14(19)15-3-2-8-22-15/h2-8,10H,9H2,1H3. The molecule has 0 aliphatic carbocycles. The number of nitrogens with zero attached hydrogens (tertiary/aromatic N) is 1. The Labute approximate surface area is 141 Å². The number of thiophene rings is 1. The van der Waals surface area contributed by atoms with Crippen molar-refractivity contribution in [1.29, 1.82) is 0 Å². The molecule has 1 aromatic carbocycles. The van der Waals surface area contributed by atoms with E-state index in [9.17, 15) is 9.59 Å². The second-order valence-corrected chi connectivity index (χ2v) is 6.69. The summed E-state index contributed by atoms with van der Waals surface area (Å²) in [5, 5.41) is 4.21. The molecule has 2 aromatic heterocycles. The highest BCUT2D eigenvalue weighted by Crippen LogP contribution is 2.24. The average molecular weight is 343 g/mol. The molecule has 3 aromatic rings. The van der Waals surface area contributed by atoms with E-state index < -0.39 is 5.97 Å². The number of carbonyl (C=O) groups is 2. The zero-order valence-corrected chi connectivity index (χ0v) is 13.9. The molecule has 23 heavy (non-hydrogen) atoms. The third-order valence-electron chi connectivity index (χ3n) is 3.14. The zero-order valence-electron chi connectivity index (χ0n) is 12.3. The van der Waals surface area contributed by atoms with E-state index in [4.69, 9.17) is 4.74 Å². The normalized spacial score (nSPS) is 10.5. The van der Waals surface area contributed by atoms with Crippen LogP contribution in [0.5, 0.6) is 0 Å². The molecule has 0 aliphatic rings. The van der Waals surface area contributed by atoms with Crippen LogP contribution in [0.25, 0.3) is 10.6 Å². The van der Waals surface area contributed by atoms with Gasteiger partial charge in [0, 0.05) is 10.9 Å². The minimum atomic E-state index is -0.579. The molecule has 2 heterocycles. The highest BCUT2D eigenvalue weighted by molar-refractivity contribution is 7.13. The number of Topliss-reactive ketones (excluding diaryl/α,β-unsaturated/α-hetero) is 1. The van der Waals surface area contributed by atoms with Gasteiger partial charge in [-0.1, -0.05) is 35.9 Å². The Morgan fingerprint density at radius 1 is 1.13 bits per heavy atom. The summed E-state index contributed by atoms with van der Waals surface area (Å²) in [4.78, 5) is 28.7. The molecule has 0 saturated heterocycles. The molecule has 4 nitrogen and oxygen atoms in total. The first-order valence-electron chi connectivity index (χ1n) is 6.90. The minimum Gasteiger partial charge on any atom is -0.453 e. The van der Waals surface area contributed by atoms with E-state index in [0.29, 0.717) is 4.88 Å². The molecule has 0 atom stereocenters.